The van der Waals surface area contributed by atoms with Crippen LogP contribution in [0.3, 0.4) is 0 Å². The number of anilines is 1. The first-order valence-corrected chi connectivity index (χ1v) is 9.39. The molecule has 0 spiro atoms. The summed E-state index contributed by atoms with van der Waals surface area (Å²) in [5, 5.41) is 8.58. The van der Waals surface area contributed by atoms with Gasteiger partial charge in [-0.2, -0.15) is 0 Å². The minimum atomic E-state index is -1.83. The lowest BCUT2D eigenvalue weighted by atomic mass is 10.1. The van der Waals surface area contributed by atoms with E-state index >= 15 is 0 Å². The van der Waals surface area contributed by atoms with E-state index in [1.54, 1.807) is 43.5 Å². The van der Waals surface area contributed by atoms with E-state index in [1.165, 1.54) is 0 Å². The maximum Gasteiger partial charge on any atom is 0.252 e. The Bertz CT molecular complexity index is 793. The fourth-order valence-corrected chi connectivity index (χ4v) is 2.65. The second-order valence-corrected chi connectivity index (χ2v) is 8.42. The van der Waals surface area contributed by atoms with E-state index < -0.39 is 15.9 Å². The van der Waals surface area contributed by atoms with Crippen LogP contribution in [0.5, 0.6) is 5.75 Å². The van der Waals surface area contributed by atoms with Crippen LogP contribution in [0.2, 0.25) is 0 Å². The van der Waals surface area contributed by atoms with Crippen LogP contribution in [0.15, 0.2) is 48.5 Å². The molecule has 0 heterocycles. The van der Waals surface area contributed by atoms with Gasteiger partial charge in [0, 0.05) is 11.3 Å². The van der Waals surface area contributed by atoms with Gasteiger partial charge in [-0.1, -0.05) is 52.5 Å². The summed E-state index contributed by atoms with van der Waals surface area (Å²) in [4.78, 5) is 12.4. The van der Waals surface area contributed by atoms with Crippen molar-refractivity contribution in [1.29, 1.82) is 0 Å². The Balaban J connectivity index is 2.03. The largest absolute Gasteiger partial charge is 0.497 e. The number of ether oxygens (including phenoxy) is 1. The third-order valence-corrected chi connectivity index (χ3v) is 4.41. The van der Waals surface area contributed by atoms with E-state index in [0.29, 0.717) is 17.0 Å². The molecule has 3 N–H and O–H groups in total. The zero-order valence-electron chi connectivity index (χ0n) is 14.6. The number of methoxy groups -OCH3 is 1. The molecule has 0 bridgehead atoms. The maximum atomic E-state index is 12.4. The van der Waals surface area contributed by atoms with E-state index in [2.05, 4.69) is 16.0 Å². The number of alkyl halides is 3. The van der Waals surface area contributed by atoms with Crippen molar-refractivity contribution in [1.82, 2.24) is 10.6 Å². The summed E-state index contributed by atoms with van der Waals surface area (Å²) in [5.74, 6) is 0.315. The first-order valence-electron chi connectivity index (χ1n) is 7.85. The number of carbonyl (C=O) groups is 1. The highest BCUT2D eigenvalue weighted by molar-refractivity contribution is 7.80. The van der Waals surface area contributed by atoms with Crippen LogP contribution in [0.1, 0.15) is 15.9 Å². The van der Waals surface area contributed by atoms with Gasteiger partial charge in [0.1, 0.15) is 11.9 Å². The lowest BCUT2D eigenvalue weighted by molar-refractivity contribution is 0.0934. The fraction of sp³-hybridized carbons (Fsp3) is 0.222. The molecule has 0 aromatic heterocycles. The molecule has 0 radical (unpaired) electrons. The van der Waals surface area contributed by atoms with E-state index in [4.69, 9.17) is 51.8 Å². The van der Waals surface area contributed by atoms with Crippen molar-refractivity contribution >= 4 is 63.7 Å². The van der Waals surface area contributed by atoms with Crippen molar-refractivity contribution in [3.63, 3.8) is 0 Å². The number of halogens is 3. The van der Waals surface area contributed by atoms with E-state index in [1.807, 2.05) is 19.1 Å². The summed E-state index contributed by atoms with van der Waals surface area (Å²) in [5.41, 5.74) is 2.18. The third-order valence-electron chi connectivity index (χ3n) is 3.54. The van der Waals surface area contributed by atoms with Gasteiger partial charge in [-0.15, -0.1) is 0 Å². The molecule has 0 saturated carbocycles. The highest BCUT2D eigenvalue weighted by Crippen LogP contribution is 2.29. The number of rotatable bonds is 5. The Morgan fingerprint density at radius 2 is 1.63 bits per heavy atom. The minimum absolute atomic E-state index is 0.181. The van der Waals surface area contributed by atoms with E-state index in [9.17, 15) is 4.79 Å². The molecular formula is C18H18Cl3N3O2S. The van der Waals surface area contributed by atoms with Crippen LogP contribution >= 0.6 is 47.0 Å². The number of nitrogens with one attached hydrogen (secondary N) is 3. The number of aryl methyl sites for hydroxylation is 1. The molecule has 0 aliphatic heterocycles. The second kappa shape index (κ2) is 9.46. The first kappa shape index (κ1) is 21.6. The molecule has 0 aliphatic carbocycles. The maximum absolute atomic E-state index is 12.4. The number of thiocarbonyl (C=S) groups is 1. The molecule has 5 nitrogen and oxygen atoms in total. The zero-order chi connectivity index (χ0) is 20.0. The monoisotopic (exact) mass is 445 g/mol. The second-order valence-electron chi connectivity index (χ2n) is 5.64. The summed E-state index contributed by atoms with van der Waals surface area (Å²) in [6.07, 6.45) is -1.05. The number of hydrogen-bond acceptors (Lipinski definition) is 3. The number of carbonyl (C=O) groups excluding carboxylic acids is 1. The van der Waals surface area contributed by atoms with Gasteiger partial charge in [0.05, 0.1) is 7.11 Å². The Labute approximate surface area is 178 Å². The Hall–Kier alpha value is -1.73. The Kier molecular flexibility index (Phi) is 7.56. The smallest absolute Gasteiger partial charge is 0.252 e. The summed E-state index contributed by atoms with van der Waals surface area (Å²) in [6.45, 7) is 1.93. The summed E-state index contributed by atoms with van der Waals surface area (Å²) in [6, 6.07) is 14.1. The molecule has 0 unspecified atom stereocenters. The molecule has 0 saturated heterocycles. The lowest BCUT2D eigenvalue weighted by Gasteiger charge is -2.27. The van der Waals surface area contributed by atoms with Gasteiger partial charge < -0.3 is 20.7 Å². The minimum Gasteiger partial charge on any atom is -0.497 e. The van der Waals surface area contributed by atoms with Gasteiger partial charge in [-0.25, -0.2) is 0 Å². The molecule has 2 rings (SSSR count). The molecule has 1 amide bonds. The standard InChI is InChI=1S/C18H18Cl3N3O2S/c1-11-3-5-12(6-4-11)15(25)23-16(18(19,20)21)24-17(27)22-13-7-9-14(26-2)10-8-13/h3-10,16H,1-2H3,(H,23,25)(H2,22,24,27)/t16-/m0/s1. The average molecular weight is 447 g/mol. The van der Waals surface area contributed by atoms with Crippen LogP contribution in [0.25, 0.3) is 0 Å². The van der Waals surface area contributed by atoms with Crippen molar-refractivity contribution < 1.29 is 9.53 Å². The first-order chi connectivity index (χ1) is 12.7. The molecule has 9 heteroatoms. The van der Waals surface area contributed by atoms with Crippen molar-refractivity contribution in [3.8, 4) is 5.75 Å². The topological polar surface area (TPSA) is 62.4 Å². The highest BCUT2D eigenvalue weighted by atomic mass is 35.6. The lowest BCUT2D eigenvalue weighted by Crippen LogP contribution is -2.56. The molecule has 1 atom stereocenters. The molecule has 0 aliphatic rings. The van der Waals surface area contributed by atoms with Crippen molar-refractivity contribution in [2.45, 2.75) is 16.9 Å². The number of hydrogen-bond donors (Lipinski definition) is 3. The van der Waals surface area contributed by atoms with Crippen molar-refractivity contribution in [3.05, 3.63) is 59.7 Å². The van der Waals surface area contributed by atoms with Crippen LogP contribution < -0.4 is 20.7 Å². The summed E-state index contributed by atoms with van der Waals surface area (Å²) < 4.78 is 3.27. The Morgan fingerprint density at radius 1 is 1.04 bits per heavy atom. The van der Waals surface area contributed by atoms with Gasteiger partial charge >= 0.3 is 0 Å². The number of benzene rings is 2. The molecule has 144 valence electrons. The van der Waals surface area contributed by atoms with Crippen LogP contribution in [-0.2, 0) is 0 Å². The highest BCUT2D eigenvalue weighted by Gasteiger charge is 2.34. The normalized spacial score (nSPS) is 12.0. The van der Waals surface area contributed by atoms with E-state index in [0.717, 1.165) is 5.56 Å². The van der Waals surface area contributed by atoms with Gasteiger partial charge in [0.15, 0.2) is 5.11 Å². The van der Waals surface area contributed by atoms with Gasteiger partial charge in [-0.05, 0) is 55.5 Å². The molecule has 2 aromatic carbocycles. The van der Waals surface area contributed by atoms with Crippen LogP contribution in [-0.4, -0.2) is 28.1 Å². The molecule has 0 fully saturated rings. The SMILES string of the molecule is COc1ccc(NC(=S)N[C@H](NC(=O)c2ccc(C)cc2)C(Cl)(Cl)Cl)cc1. The fourth-order valence-electron chi connectivity index (χ4n) is 2.09. The van der Waals surface area contributed by atoms with Crippen molar-refractivity contribution in [2.24, 2.45) is 0 Å². The zero-order valence-corrected chi connectivity index (χ0v) is 17.6. The Morgan fingerprint density at radius 3 is 2.15 bits per heavy atom. The van der Waals surface area contributed by atoms with Gasteiger partial charge in [0.25, 0.3) is 5.91 Å². The quantitative estimate of drug-likeness (QED) is 0.361. The molecular weight excluding hydrogens is 429 g/mol. The summed E-state index contributed by atoms with van der Waals surface area (Å²) >= 11 is 23.2. The van der Waals surface area contributed by atoms with Crippen LogP contribution in [0.4, 0.5) is 5.69 Å². The number of amides is 1. The predicted molar refractivity (Wildman–Crippen MR) is 115 cm³/mol. The average Bonchev–Trinajstić information content (AvgIpc) is 2.61. The van der Waals surface area contributed by atoms with Gasteiger partial charge in [0.2, 0.25) is 3.79 Å². The summed E-state index contributed by atoms with van der Waals surface area (Å²) in [7, 11) is 1.58. The van der Waals surface area contributed by atoms with Crippen molar-refractivity contribution in [2.75, 3.05) is 12.4 Å². The van der Waals surface area contributed by atoms with Gasteiger partial charge in [-0.3, -0.25) is 4.79 Å². The molecule has 2 aromatic rings. The predicted octanol–water partition coefficient (Wildman–Crippen LogP) is 4.42. The third kappa shape index (κ3) is 6.74. The van der Waals surface area contributed by atoms with Crippen LogP contribution in [0, 0.1) is 6.92 Å². The van der Waals surface area contributed by atoms with E-state index in [-0.39, 0.29) is 5.11 Å². The molecule has 27 heavy (non-hydrogen) atoms.